The first-order chi connectivity index (χ1) is 30.5. The van der Waals surface area contributed by atoms with Crippen LogP contribution in [0.3, 0.4) is 0 Å². The van der Waals surface area contributed by atoms with Crippen LogP contribution in [0.4, 0.5) is 0 Å². The van der Waals surface area contributed by atoms with Gasteiger partial charge in [0, 0.05) is 44.0 Å². The summed E-state index contributed by atoms with van der Waals surface area (Å²) in [6.45, 7) is 32.8. The fraction of sp³-hybridized carbons (Fsp3) is 0.300. The van der Waals surface area contributed by atoms with Crippen molar-refractivity contribution in [3.05, 3.63) is 153 Å². The predicted octanol–water partition coefficient (Wildman–Crippen LogP) is 11.9. The summed E-state index contributed by atoms with van der Waals surface area (Å²) in [5.41, 5.74) is 30.2. The molecule has 9 aromatic rings. The van der Waals surface area contributed by atoms with Gasteiger partial charge < -0.3 is 9.13 Å². The minimum Gasteiger partial charge on any atom is -0.310 e. The van der Waals surface area contributed by atoms with Crippen LogP contribution < -0.4 is 32.8 Å². The fourth-order valence-corrected chi connectivity index (χ4v) is 12.5. The van der Waals surface area contributed by atoms with Gasteiger partial charge in [-0.1, -0.05) is 148 Å². The molecule has 11 rings (SSSR count). The summed E-state index contributed by atoms with van der Waals surface area (Å²) in [6, 6.07) is 39.9. The van der Waals surface area contributed by atoms with Crippen molar-refractivity contribution in [1.82, 2.24) is 9.13 Å². The Hall–Kier alpha value is -5.73. The molecule has 4 heterocycles. The number of fused-ring (bicyclic) bond motifs is 10. The molecule has 0 saturated carbocycles. The van der Waals surface area contributed by atoms with E-state index in [9.17, 15) is 0 Å². The molecule has 0 spiro atoms. The Labute approximate surface area is 381 Å². The van der Waals surface area contributed by atoms with Gasteiger partial charge in [-0.3, -0.25) is 0 Å². The zero-order chi connectivity index (χ0) is 44.9. The third kappa shape index (κ3) is 5.79. The summed E-state index contributed by atoms with van der Waals surface area (Å²) >= 11 is 0. The second-order valence-corrected chi connectivity index (χ2v) is 21.3. The quantitative estimate of drug-likeness (QED) is 0.148. The number of hydrogen-bond acceptors (Lipinski definition) is 0. The van der Waals surface area contributed by atoms with Gasteiger partial charge in [0.25, 0.3) is 0 Å². The number of rotatable bonds is 6. The molecule has 64 heavy (non-hydrogen) atoms. The molecule has 0 radical (unpaired) electrons. The molecule has 0 fully saturated rings. The molecule has 2 aromatic heterocycles. The zero-order valence-corrected chi connectivity index (χ0v) is 40.6. The van der Waals surface area contributed by atoms with E-state index in [1.807, 2.05) is 0 Å². The molecular formula is C60H62B2N2. The van der Waals surface area contributed by atoms with Crippen LogP contribution in [0, 0.1) is 41.5 Å². The van der Waals surface area contributed by atoms with Crippen molar-refractivity contribution >= 4 is 89.8 Å². The van der Waals surface area contributed by atoms with Crippen molar-refractivity contribution in [2.24, 2.45) is 0 Å². The normalized spacial score (nSPS) is 13.3. The molecular weight excluding hydrogens is 770 g/mol. The molecule has 0 bridgehead atoms. The van der Waals surface area contributed by atoms with Crippen molar-refractivity contribution < 1.29 is 0 Å². The molecule has 0 N–H and O–H groups in total. The van der Waals surface area contributed by atoms with Gasteiger partial charge in [-0.25, -0.2) is 0 Å². The van der Waals surface area contributed by atoms with E-state index in [0.717, 1.165) is 0 Å². The fourth-order valence-electron chi connectivity index (χ4n) is 12.5. The second-order valence-electron chi connectivity index (χ2n) is 21.3. The van der Waals surface area contributed by atoms with Gasteiger partial charge in [-0.2, -0.15) is 0 Å². The number of benzene rings is 7. The molecule has 0 saturated heterocycles. The van der Waals surface area contributed by atoms with Gasteiger partial charge in [-0.15, -0.1) is 0 Å². The lowest BCUT2D eigenvalue weighted by Crippen LogP contribution is -2.61. The predicted molar refractivity (Wildman–Crippen MR) is 282 cm³/mol. The molecule has 318 valence electrons. The second kappa shape index (κ2) is 14.4. The van der Waals surface area contributed by atoms with Gasteiger partial charge in [0.15, 0.2) is 0 Å². The van der Waals surface area contributed by atoms with Crippen molar-refractivity contribution in [2.75, 3.05) is 0 Å². The molecule has 7 aromatic carbocycles. The van der Waals surface area contributed by atoms with E-state index in [1.165, 1.54) is 143 Å². The number of nitrogens with zero attached hydrogens (tertiary/aromatic N) is 2. The molecule has 0 amide bonds. The van der Waals surface area contributed by atoms with Crippen molar-refractivity contribution in [3.63, 3.8) is 0 Å². The highest BCUT2D eigenvalue weighted by molar-refractivity contribution is 7.00. The molecule has 2 aliphatic heterocycles. The Morgan fingerprint density at radius 2 is 0.672 bits per heavy atom. The zero-order valence-electron chi connectivity index (χ0n) is 40.6. The third-order valence-electron chi connectivity index (χ3n) is 15.5. The van der Waals surface area contributed by atoms with Crippen LogP contribution in [0.1, 0.15) is 135 Å². The largest absolute Gasteiger partial charge is 0.310 e. The van der Waals surface area contributed by atoms with Crippen molar-refractivity contribution in [2.45, 2.75) is 121 Å². The van der Waals surface area contributed by atoms with Gasteiger partial charge in [0.2, 0.25) is 13.4 Å². The van der Waals surface area contributed by atoms with Gasteiger partial charge in [0.1, 0.15) is 0 Å². The Bertz CT molecular complexity index is 3200. The molecule has 2 aliphatic rings. The van der Waals surface area contributed by atoms with Gasteiger partial charge in [-0.05, 0) is 158 Å². The summed E-state index contributed by atoms with van der Waals surface area (Å²) in [7, 11) is 0. The van der Waals surface area contributed by atoms with Gasteiger partial charge in [0.05, 0.1) is 11.0 Å². The maximum atomic E-state index is 2.68. The Morgan fingerprint density at radius 1 is 0.344 bits per heavy atom. The molecule has 0 atom stereocenters. The Kier molecular flexibility index (Phi) is 9.22. The van der Waals surface area contributed by atoms with E-state index in [0.29, 0.717) is 23.7 Å². The first kappa shape index (κ1) is 41.0. The highest BCUT2D eigenvalue weighted by atomic mass is 15.0. The molecule has 4 heteroatoms. The van der Waals surface area contributed by atoms with Crippen LogP contribution in [0.2, 0.25) is 0 Å². The van der Waals surface area contributed by atoms with Crippen molar-refractivity contribution in [1.29, 1.82) is 0 Å². The topological polar surface area (TPSA) is 9.86 Å². The first-order valence-corrected chi connectivity index (χ1v) is 24.1. The molecule has 0 unspecified atom stereocenters. The Balaban J connectivity index is 1.37. The lowest BCUT2D eigenvalue weighted by Gasteiger charge is -2.35. The monoisotopic (exact) mass is 833 g/mol. The maximum absolute atomic E-state index is 2.68. The van der Waals surface area contributed by atoms with Gasteiger partial charge >= 0.3 is 0 Å². The number of hydrogen-bond donors (Lipinski definition) is 0. The first-order valence-electron chi connectivity index (χ1n) is 24.1. The summed E-state index contributed by atoms with van der Waals surface area (Å²) < 4.78 is 5.37. The smallest absolute Gasteiger partial charge is 0.247 e. The lowest BCUT2D eigenvalue weighted by atomic mass is 9.31. The highest BCUT2D eigenvalue weighted by Crippen LogP contribution is 2.40. The van der Waals surface area contributed by atoms with Crippen LogP contribution in [-0.2, 0) is 0 Å². The summed E-state index contributed by atoms with van der Waals surface area (Å²) in [5, 5.41) is 5.48. The minimum atomic E-state index is 0.0550. The number of aromatic nitrogens is 2. The van der Waals surface area contributed by atoms with Crippen LogP contribution in [-0.4, -0.2) is 22.6 Å². The van der Waals surface area contributed by atoms with E-state index < -0.39 is 0 Å². The van der Waals surface area contributed by atoms with Crippen LogP contribution >= 0.6 is 0 Å². The van der Waals surface area contributed by atoms with E-state index in [1.54, 1.807) is 0 Å². The SMILES string of the molecule is Cc1cc(C)c(B2c3cc4c(cc3-n3c5ccc(C(C)C)cc5c5cc(C(C)C)cc2c53)B(c2c(C)cc(C)cc2C)c2cc(C(C)C)cc3c5cc(C(C)C)ccc5n-4c23)c(C)c1. The Morgan fingerprint density at radius 3 is 1.00 bits per heavy atom. The summed E-state index contributed by atoms with van der Waals surface area (Å²) in [6.07, 6.45) is 0. The third-order valence-corrected chi connectivity index (χ3v) is 15.5. The van der Waals surface area contributed by atoms with E-state index in [4.69, 9.17) is 0 Å². The summed E-state index contributed by atoms with van der Waals surface area (Å²) in [4.78, 5) is 0. The minimum absolute atomic E-state index is 0.0550. The van der Waals surface area contributed by atoms with E-state index in [2.05, 4.69) is 203 Å². The lowest BCUT2D eigenvalue weighted by molar-refractivity contribution is 0.868. The van der Waals surface area contributed by atoms with Crippen LogP contribution in [0.5, 0.6) is 0 Å². The van der Waals surface area contributed by atoms with E-state index in [-0.39, 0.29) is 13.4 Å². The van der Waals surface area contributed by atoms with Crippen LogP contribution in [0.25, 0.3) is 55.0 Å². The number of aryl methyl sites for hydroxylation is 6. The average Bonchev–Trinajstić information content (AvgIpc) is 3.74. The van der Waals surface area contributed by atoms with E-state index >= 15 is 0 Å². The average molecular weight is 833 g/mol. The summed E-state index contributed by atoms with van der Waals surface area (Å²) in [5.74, 6) is 1.66. The maximum Gasteiger partial charge on any atom is 0.247 e. The molecule has 2 nitrogen and oxygen atoms in total. The van der Waals surface area contributed by atoms with Crippen LogP contribution in [0.15, 0.2) is 97.1 Å². The molecule has 0 aliphatic carbocycles. The van der Waals surface area contributed by atoms with Crippen molar-refractivity contribution in [3.8, 4) is 11.4 Å². The highest BCUT2D eigenvalue weighted by Gasteiger charge is 2.41. The standard InChI is InChI=1S/C60H62B2N2/c1-31(2)41-15-17-53-45(23-41)47-25-43(33(5)6)27-51-59(47)63(53)55-29-50-56(30-49(55)61(51)57-37(11)19-35(9)20-38(57)12)64-54-18-16-42(32(3)4)24-46(54)48-26-44(34(7)8)28-52(60(48)64)62(50)58-39(13)21-36(10)22-40(58)14/h15-34H,1-14H3.